The number of benzene rings is 2. The molecule has 1 heterocycles. The van der Waals surface area contributed by atoms with Gasteiger partial charge in [0.1, 0.15) is 5.82 Å². The summed E-state index contributed by atoms with van der Waals surface area (Å²) in [4.78, 5) is 18.6. The smallest absolute Gasteiger partial charge is 0.223 e. The molecule has 2 unspecified atom stereocenters. The molecule has 0 bridgehead atoms. The van der Waals surface area contributed by atoms with Gasteiger partial charge in [0.15, 0.2) is 5.96 Å². The van der Waals surface area contributed by atoms with Crippen molar-refractivity contribution in [2.75, 3.05) is 40.3 Å². The molecule has 2 aromatic carbocycles. The first kappa shape index (κ1) is 22.7. The van der Waals surface area contributed by atoms with Crippen molar-refractivity contribution < 1.29 is 13.9 Å². The van der Waals surface area contributed by atoms with Crippen LogP contribution in [0.4, 0.5) is 4.39 Å². The molecule has 166 valence electrons. The third-order valence-corrected chi connectivity index (χ3v) is 5.57. The molecule has 31 heavy (non-hydrogen) atoms. The molecule has 2 N–H and O–H groups in total. The third kappa shape index (κ3) is 6.79. The third-order valence-electron chi connectivity index (χ3n) is 5.57. The average molecular weight is 427 g/mol. The zero-order valence-corrected chi connectivity index (χ0v) is 18.2. The molecule has 6 nitrogen and oxygen atoms in total. The maximum atomic E-state index is 13.1. The van der Waals surface area contributed by atoms with Crippen LogP contribution in [0.1, 0.15) is 23.7 Å². The first-order valence-electron chi connectivity index (χ1n) is 10.6. The van der Waals surface area contributed by atoms with Gasteiger partial charge in [-0.25, -0.2) is 4.39 Å². The van der Waals surface area contributed by atoms with Crippen molar-refractivity contribution in [1.82, 2.24) is 15.5 Å². The van der Waals surface area contributed by atoms with Crippen LogP contribution >= 0.6 is 0 Å². The van der Waals surface area contributed by atoms with Gasteiger partial charge in [-0.1, -0.05) is 42.5 Å². The van der Waals surface area contributed by atoms with Crippen LogP contribution in [-0.4, -0.2) is 57.1 Å². The van der Waals surface area contributed by atoms with Gasteiger partial charge < -0.3 is 20.3 Å². The predicted octanol–water partition coefficient (Wildman–Crippen LogP) is 2.77. The molecule has 0 aromatic heterocycles. The van der Waals surface area contributed by atoms with Crippen molar-refractivity contribution in [2.45, 2.75) is 18.9 Å². The van der Waals surface area contributed by atoms with Gasteiger partial charge in [0, 0.05) is 52.7 Å². The van der Waals surface area contributed by atoms with E-state index in [0.29, 0.717) is 25.5 Å². The predicted molar refractivity (Wildman–Crippen MR) is 120 cm³/mol. The van der Waals surface area contributed by atoms with Gasteiger partial charge in [-0.05, 0) is 29.7 Å². The van der Waals surface area contributed by atoms with Crippen molar-refractivity contribution in [1.29, 1.82) is 0 Å². The lowest BCUT2D eigenvalue weighted by Gasteiger charge is -2.20. The number of amides is 1. The summed E-state index contributed by atoms with van der Waals surface area (Å²) in [7, 11) is 3.33. The van der Waals surface area contributed by atoms with E-state index in [9.17, 15) is 9.18 Å². The summed E-state index contributed by atoms with van der Waals surface area (Å²) in [6, 6.07) is 16.5. The number of ether oxygens (including phenoxy) is 1. The number of methoxy groups -OCH3 is 1. The van der Waals surface area contributed by atoms with Crippen LogP contribution in [0.3, 0.4) is 0 Å². The molecule has 3 rings (SSSR count). The highest BCUT2D eigenvalue weighted by molar-refractivity contribution is 5.80. The van der Waals surface area contributed by atoms with Crippen molar-refractivity contribution in [3.05, 3.63) is 71.5 Å². The van der Waals surface area contributed by atoms with Gasteiger partial charge in [0.25, 0.3) is 0 Å². The number of rotatable bonds is 9. The van der Waals surface area contributed by atoms with E-state index in [0.717, 1.165) is 25.1 Å². The Kier molecular flexibility index (Phi) is 8.41. The van der Waals surface area contributed by atoms with Crippen LogP contribution in [0, 0.1) is 11.7 Å². The highest BCUT2D eigenvalue weighted by Crippen LogP contribution is 2.18. The van der Waals surface area contributed by atoms with Crippen LogP contribution in [0.2, 0.25) is 0 Å². The van der Waals surface area contributed by atoms with Gasteiger partial charge in [-0.3, -0.25) is 9.79 Å². The minimum atomic E-state index is -0.270. The van der Waals surface area contributed by atoms with Gasteiger partial charge in [-0.2, -0.15) is 0 Å². The zero-order valence-electron chi connectivity index (χ0n) is 18.2. The van der Waals surface area contributed by atoms with E-state index >= 15 is 0 Å². The highest BCUT2D eigenvalue weighted by Gasteiger charge is 2.29. The lowest BCUT2D eigenvalue weighted by molar-refractivity contribution is -0.127. The Hall–Kier alpha value is -2.93. The van der Waals surface area contributed by atoms with E-state index in [-0.39, 0.29) is 23.7 Å². The first-order chi connectivity index (χ1) is 15.1. The van der Waals surface area contributed by atoms with Gasteiger partial charge >= 0.3 is 0 Å². The topological polar surface area (TPSA) is 66.0 Å². The summed E-state index contributed by atoms with van der Waals surface area (Å²) in [5.74, 6) is 0.839. The SMILES string of the molecule is CN=C(NCC1CC(=O)N(CCc2ccccc2)C1)NCC(OC)c1ccc(F)cc1. The molecule has 2 atom stereocenters. The minimum absolute atomic E-state index is 0.210. The Morgan fingerprint density at radius 1 is 1.19 bits per heavy atom. The van der Waals surface area contributed by atoms with Gasteiger partial charge in [0.05, 0.1) is 6.10 Å². The summed E-state index contributed by atoms with van der Waals surface area (Å²) in [6.07, 6.45) is 1.20. The largest absolute Gasteiger partial charge is 0.375 e. The molecular weight excluding hydrogens is 395 g/mol. The number of halogens is 1. The number of carbonyl (C=O) groups is 1. The average Bonchev–Trinajstić information content (AvgIpc) is 3.16. The monoisotopic (exact) mass is 426 g/mol. The molecular formula is C24H31FN4O2. The normalized spacial score (nSPS) is 17.6. The first-order valence-corrected chi connectivity index (χ1v) is 10.6. The fourth-order valence-corrected chi connectivity index (χ4v) is 3.78. The number of likely N-dealkylation sites (tertiary alicyclic amines) is 1. The number of carbonyl (C=O) groups excluding carboxylic acids is 1. The fraction of sp³-hybridized carbons (Fsp3) is 0.417. The Balaban J connectivity index is 1.42. The molecule has 0 saturated carbocycles. The number of hydrogen-bond donors (Lipinski definition) is 2. The Morgan fingerprint density at radius 3 is 2.61 bits per heavy atom. The molecule has 1 aliphatic rings. The molecule has 1 saturated heterocycles. The van der Waals surface area contributed by atoms with Crippen LogP contribution in [0.15, 0.2) is 59.6 Å². The second-order valence-electron chi connectivity index (χ2n) is 7.76. The highest BCUT2D eigenvalue weighted by atomic mass is 19.1. The van der Waals surface area contributed by atoms with E-state index in [1.807, 2.05) is 23.1 Å². The van der Waals surface area contributed by atoms with E-state index < -0.39 is 0 Å². The zero-order chi connectivity index (χ0) is 22.1. The Bertz CT molecular complexity index is 858. The maximum Gasteiger partial charge on any atom is 0.223 e. The Morgan fingerprint density at radius 2 is 1.94 bits per heavy atom. The molecule has 2 aromatic rings. The summed E-state index contributed by atoms with van der Waals surface area (Å²) in [5, 5.41) is 6.56. The molecule has 7 heteroatoms. The minimum Gasteiger partial charge on any atom is -0.375 e. The molecule has 0 aliphatic carbocycles. The molecule has 0 radical (unpaired) electrons. The van der Waals surface area contributed by atoms with Crippen LogP contribution < -0.4 is 10.6 Å². The summed E-state index contributed by atoms with van der Waals surface area (Å²) in [6.45, 7) is 2.67. The van der Waals surface area contributed by atoms with E-state index in [1.165, 1.54) is 17.7 Å². The number of hydrogen-bond acceptors (Lipinski definition) is 3. The van der Waals surface area contributed by atoms with Crippen molar-refractivity contribution >= 4 is 11.9 Å². The number of nitrogens with zero attached hydrogens (tertiary/aromatic N) is 2. The van der Waals surface area contributed by atoms with Gasteiger partial charge in [0.2, 0.25) is 5.91 Å². The van der Waals surface area contributed by atoms with E-state index in [4.69, 9.17) is 4.74 Å². The van der Waals surface area contributed by atoms with E-state index in [2.05, 4.69) is 27.8 Å². The van der Waals surface area contributed by atoms with Crippen LogP contribution in [0.25, 0.3) is 0 Å². The summed E-state index contributed by atoms with van der Waals surface area (Å²) >= 11 is 0. The van der Waals surface area contributed by atoms with Crippen molar-refractivity contribution in [2.24, 2.45) is 10.9 Å². The fourth-order valence-electron chi connectivity index (χ4n) is 3.78. The number of guanidine groups is 1. The van der Waals surface area contributed by atoms with Gasteiger partial charge in [-0.15, -0.1) is 0 Å². The molecule has 1 amide bonds. The molecule has 0 spiro atoms. The summed E-state index contributed by atoms with van der Waals surface area (Å²) in [5.41, 5.74) is 2.14. The molecule has 1 aliphatic heterocycles. The standard InChI is InChI=1S/C24H31FN4O2/c1-26-24(28-16-22(31-2)20-8-10-21(25)11-9-20)27-15-19-14-23(30)29(17-19)13-12-18-6-4-3-5-7-18/h3-11,19,22H,12-17H2,1-2H3,(H2,26,27,28). The van der Waals surface area contributed by atoms with Crippen LogP contribution in [-0.2, 0) is 16.0 Å². The Labute approximate surface area is 183 Å². The lowest BCUT2D eigenvalue weighted by Crippen LogP contribution is -2.42. The quantitative estimate of drug-likeness (QED) is 0.478. The van der Waals surface area contributed by atoms with E-state index in [1.54, 1.807) is 26.3 Å². The second kappa shape index (κ2) is 11.5. The van der Waals surface area contributed by atoms with Crippen molar-refractivity contribution in [3.63, 3.8) is 0 Å². The lowest BCUT2D eigenvalue weighted by atomic mass is 10.1. The van der Waals surface area contributed by atoms with Crippen LogP contribution in [0.5, 0.6) is 0 Å². The second-order valence-corrected chi connectivity index (χ2v) is 7.76. The maximum absolute atomic E-state index is 13.1. The van der Waals surface area contributed by atoms with Crippen molar-refractivity contribution in [3.8, 4) is 0 Å². The molecule has 1 fully saturated rings. The number of nitrogens with one attached hydrogen (secondary N) is 2. The summed E-state index contributed by atoms with van der Waals surface area (Å²) < 4.78 is 18.7. The number of aliphatic imine (C=N–C) groups is 1.